The summed E-state index contributed by atoms with van der Waals surface area (Å²) in [5, 5.41) is 13.9. The zero-order chi connectivity index (χ0) is 22.9. The fourth-order valence-corrected chi connectivity index (χ4v) is 6.79. The highest BCUT2D eigenvalue weighted by molar-refractivity contribution is 5.14. The van der Waals surface area contributed by atoms with Crippen molar-refractivity contribution >= 4 is 0 Å². The molecule has 1 aromatic rings. The number of ether oxygens (including phenoxy) is 1. The van der Waals surface area contributed by atoms with Gasteiger partial charge in [0.1, 0.15) is 0 Å². The van der Waals surface area contributed by atoms with Crippen molar-refractivity contribution in [2.24, 2.45) is 17.8 Å². The Morgan fingerprint density at radius 1 is 0.818 bits per heavy atom. The van der Waals surface area contributed by atoms with Gasteiger partial charge in [-0.25, -0.2) is 0 Å². The third kappa shape index (κ3) is 7.04. The molecule has 1 radical (unpaired) electrons. The van der Waals surface area contributed by atoms with Crippen molar-refractivity contribution in [2.75, 3.05) is 46.4 Å². The monoisotopic (exact) mass is 455 g/mol. The molecule has 1 unspecified atom stereocenters. The van der Waals surface area contributed by atoms with Crippen LogP contribution in [0.5, 0.6) is 0 Å². The summed E-state index contributed by atoms with van der Waals surface area (Å²) in [6, 6.07) is 10.8. The lowest BCUT2D eigenvalue weighted by Gasteiger charge is -2.46. The average molecular weight is 456 g/mol. The minimum absolute atomic E-state index is 0.165. The first kappa shape index (κ1) is 25.2. The first-order chi connectivity index (χ1) is 16.2. The Labute approximate surface area is 202 Å². The smallest absolute Gasteiger partial charge is 0.207 e. The fraction of sp³-hybridized carbons (Fsp3) is 0.793. The van der Waals surface area contributed by atoms with Crippen LogP contribution in [0.1, 0.15) is 76.2 Å². The molecule has 1 aliphatic carbocycles. The molecule has 185 valence electrons. The van der Waals surface area contributed by atoms with Gasteiger partial charge in [-0.3, -0.25) is 0 Å². The predicted molar refractivity (Wildman–Crippen MR) is 135 cm³/mol. The van der Waals surface area contributed by atoms with Gasteiger partial charge >= 0.3 is 0 Å². The third-order valence-electron chi connectivity index (χ3n) is 8.91. The molecule has 2 heterocycles. The van der Waals surface area contributed by atoms with Crippen molar-refractivity contribution < 1.29 is 9.84 Å². The van der Waals surface area contributed by atoms with Crippen LogP contribution in [0.2, 0.25) is 0 Å². The van der Waals surface area contributed by atoms with E-state index < -0.39 is 5.79 Å². The van der Waals surface area contributed by atoms with Gasteiger partial charge in [-0.1, -0.05) is 49.6 Å². The van der Waals surface area contributed by atoms with Crippen LogP contribution in [-0.2, 0) is 16.3 Å². The van der Waals surface area contributed by atoms with Gasteiger partial charge < -0.3 is 14.5 Å². The Bertz CT molecular complexity index is 661. The molecule has 4 nitrogen and oxygen atoms in total. The van der Waals surface area contributed by atoms with Gasteiger partial charge in [-0.2, -0.15) is 5.11 Å². The minimum atomic E-state index is -1.18. The molecular weight excluding hydrogens is 408 g/mol. The first-order valence-electron chi connectivity index (χ1n) is 13.9. The molecule has 3 fully saturated rings. The van der Waals surface area contributed by atoms with Crippen LogP contribution in [0.3, 0.4) is 0 Å². The summed E-state index contributed by atoms with van der Waals surface area (Å²) >= 11 is 0. The Kier molecular flexibility index (Phi) is 9.66. The van der Waals surface area contributed by atoms with Crippen LogP contribution in [0.25, 0.3) is 0 Å². The SMILES string of the molecule is COC([O])(C1CCN(CCCCc2ccccc2)CC1)C1CCN(CC2CCCCC2)CC1. The van der Waals surface area contributed by atoms with Gasteiger partial charge in [0, 0.05) is 25.5 Å². The standard InChI is InChI=1S/C29H47N2O2/c1-33-29(32,28-17-22-31(23-18-28)24-26-13-6-3-7-14-26)27-15-20-30(21-16-27)19-9-8-12-25-10-4-2-5-11-25/h2,4-5,10-11,26-28H,3,6-9,12-24H2,1H3. The normalized spacial score (nSPS) is 24.7. The zero-order valence-corrected chi connectivity index (χ0v) is 21.1. The molecule has 3 aliphatic rings. The van der Waals surface area contributed by atoms with E-state index in [9.17, 15) is 5.11 Å². The van der Waals surface area contributed by atoms with Crippen LogP contribution in [0.15, 0.2) is 30.3 Å². The summed E-state index contributed by atoms with van der Waals surface area (Å²) in [5.41, 5.74) is 1.44. The number of likely N-dealkylation sites (tertiary alicyclic amines) is 2. The number of piperidine rings is 2. The zero-order valence-electron chi connectivity index (χ0n) is 21.1. The number of hydrogen-bond donors (Lipinski definition) is 0. The quantitative estimate of drug-likeness (QED) is 0.331. The lowest BCUT2D eigenvalue weighted by molar-refractivity contribution is -0.300. The Morgan fingerprint density at radius 2 is 1.42 bits per heavy atom. The van der Waals surface area contributed by atoms with Gasteiger partial charge in [0.15, 0.2) is 0 Å². The second-order valence-electron chi connectivity index (χ2n) is 11.1. The lowest BCUT2D eigenvalue weighted by Crippen LogP contribution is -2.53. The first-order valence-corrected chi connectivity index (χ1v) is 13.9. The summed E-state index contributed by atoms with van der Waals surface area (Å²) in [4.78, 5) is 5.21. The van der Waals surface area contributed by atoms with E-state index in [2.05, 4.69) is 40.1 Å². The van der Waals surface area contributed by atoms with E-state index in [4.69, 9.17) is 4.74 Å². The van der Waals surface area contributed by atoms with E-state index in [1.54, 1.807) is 7.11 Å². The second-order valence-corrected chi connectivity index (χ2v) is 11.1. The number of benzene rings is 1. The summed E-state index contributed by atoms with van der Waals surface area (Å²) in [6.07, 6.45) is 14.8. The molecule has 33 heavy (non-hydrogen) atoms. The summed E-state index contributed by atoms with van der Waals surface area (Å²) in [5.74, 6) is 0.0494. The molecule has 1 aromatic carbocycles. The van der Waals surface area contributed by atoms with Crippen LogP contribution in [-0.4, -0.2) is 62.0 Å². The second kappa shape index (κ2) is 12.7. The Hall–Kier alpha value is -0.940. The van der Waals surface area contributed by atoms with E-state index in [1.165, 1.54) is 63.5 Å². The maximum Gasteiger partial charge on any atom is 0.207 e. The summed E-state index contributed by atoms with van der Waals surface area (Å²) in [6.45, 7) is 6.73. The van der Waals surface area contributed by atoms with Crippen molar-refractivity contribution in [3.8, 4) is 0 Å². The molecular formula is C29H47N2O2. The highest BCUT2D eigenvalue weighted by atomic mass is 16.6. The lowest BCUT2D eigenvalue weighted by atomic mass is 9.76. The highest BCUT2D eigenvalue weighted by Crippen LogP contribution is 2.40. The third-order valence-corrected chi connectivity index (χ3v) is 8.91. The molecule has 4 heteroatoms. The molecule has 0 bridgehead atoms. The van der Waals surface area contributed by atoms with Crippen LogP contribution < -0.4 is 0 Å². The van der Waals surface area contributed by atoms with Gasteiger partial charge in [-0.05, 0) is 102 Å². The fourth-order valence-electron chi connectivity index (χ4n) is 6.79. The van der Waals surface area contributed by atoms with Gasteiger partial charge in [0.05, 0.1) is 0 Å². The van der Waals surface area contributed by atoms with E-state index in [-0.39, 0.29) is 11.8 Å². The molecule has 0 amide bonds. The van der Waals surface area contributed by atoms with Crippen molar-refractivity contribution in [2.45, 2.75) is 82.8 Å². The maximum absolute atomic E-state index is 13.9. The topological polar surface area (TPSA) is 35.6 Å². The van der Waals surface area contributed by atoms with E-state index in [1.807, 2.05) is 0 Å². The van der Waals surface area contributed by atoms with E-state index >= 15 is 0 Å². The number of aryl methyl sites for hydroxylation is 1. The predicted octanol–water partition coefficient (Wildman–Crippen LogP) is 5.79. The number of nitrogens with zero attached hydrogens (tertiary/aromatic N) is 2. The largest absolute Gasteiger partial charge is 0.350 e. The molecule has 1 atom stereocenters. The number of rotatable bonds is 10. The molecule has 0 aromatic heterocycles. The van der Waals surface area contributed by atoms with Crippen molar-refractivity contribution in [3.63, 3.8) is 0 Å². The molecule has 1 saturated carbocycles. The Balaban J connectivity index is 1.16. The van der Waals surface area contributed by atoms with Gasteiger partial charge in [0.25, 0.3) is 0 Å². The average Bonchev–Trinajstić information content (AvgIpc) is 2.88. The molecule has 0 spiro atoms. The van der Waals surface area contributed by atoms with Crippen molar-refractivity contribution in [1.82, 2.24) is 9.80 Å². The van der Waals surface area contributed by atoms with E-state index in [0.717, 1.165) is 64.3 Å². The van der Waals surface area contributed by atoms with Crippen LogP contribution >= 0.6 is 0 Å². The number of methoxy groups -OCH3 is 1. The van der Waals surface area contributed by atoms with Gasteiger partial charge in [-0.15, -0.1) is 0 Å². The molecule has 4 rings (SSSR count). The van der Waals surface area contributed by atoms with Crippen LogP contribution in [0, 0.1) is 17.8 Å². The van der Waals surface area contributed by atoms with Gasteiger partial charge in [0.2, 0.25) is 5.79 Å². The van der Waals surface area contributed by atoms with Crippen LogP contribution in [0.4, 0.5) is 0 Å². The van der Waals surface area contributed by atoms with E-state index in [0.29, 0.717) is 0 Å². The summed E-state index contributed by atoms with van der Waals surface area (Å²) < 4.78 is 5.79. The van der Waals surface area contributed by atoms with Crippen molar-refractivity contribution in [3.05, 3.63) is 35.9 Å². The molecule has 2 saturated heterocycles. The number of unbranched alkanes of at least 4 members (excludes halogenated alkanes) is 1. The molecule has 2 aliphatic heterocycles. The highest BCUT2D eigenvalue weighted by Gasteiger charge is 2.47. The maximum atomic E-state index is 13.9. The van der Waals surface area contributed by atoms with Crippen molar-refractivity contribution in [1.29, 1.82) is 0 Å². The molecule has 0 N–H and O–H groups in total. The minimum Gasteiger partial charge on any atom is -0.350 e. The number of hydrogen-bond acceptors (Lipinski definition) is 3. The Morgan fingerprint density at radius 3 is 2.03 bits per heavy atom. The summed E-state index contributed by atoms with van der Waals surface area (Å²) in [7, 11) is 1.68.